The highest BCUT2D eigenvalue weighted by Gasteiger charge is 2.33. The monoisotopic (exact) mass is 430 g/mol. The van der Waals surface area contributed by atoms with Crippen LogP contribution in [0.15, 0.2) is 82.7 Å². The first-order valence-electron chi connectivity index (χ1n) is 9.82. The van der Waals surface area contributed by atoms with Gasteiger partial charge in [0.1, 0.15) is 0 Å². The molecule has 4 rings (SSSR count). The Labute approximate surface area is 185 Å². The van der Waals surface area contributed by atoms with Crippen LogP contribution in [-0.4, -0.2) is 28.2 Å². The summed E-state index contributed by atoms with van der Waals surface area (Å²) in [6, 6.07) is 22.9. The van der Waals surface area contributed by atoms with E-state index in [9.17, 15) is 9.90 Å². The first-order chi connectivity index (χ1) is 15.0. The summed E-state index contributed by atoms with van der Waals surface area (Å²) in [5.74, 6) is 0.214. The number of hydrogen-bond donors (Lipinski definition) is 1. The first kappa shape index (κ1) is 20.8. The number of carbonyl (C=O) groups excluding carboxylic acids is 1. The van der Waals surface area contributed by atoms with Gasteiger partial charge < -0.3 is 9.84 Å². The molecule has 1 amide bonds. The number of methoxy groups -OCH3 is 1. The lowest BCUT2D eigenvalue weighted by Crippen LogP contribution is -2.28. The van der Waals surface area contributed by atoms with Gasteiger partial charge >= 0.3 is 0 Å². The van der Waals surface area contributed by atoms with Gasteiger partial charge in [0.2, 0.25) is 0 Å². The molecule has 0 bridgehead atoms. The van der Waals surface area contributed by atoms with Crippen LogP contribution >= 0.6 is 11.8 Å². The second-order valence-electron chi connectivity index (χ2n) is 7.12. The maximum absolute atomic E-state index is 13.3. The van der Waals surface area contributed by atoms with Crippen LogP contribution in [0.4, 0.5) is 5.69 Å². The summed E-state index contributed by atoms with van der Waals surface area (Å²) >= 11 is 1.30. The lowest BCUT2D eigenvalue weighted by Gasteiger charge is -2.15. The fourth-order valence-corrected chi connectivity index (χ4v) is 4.18. The quantitative estimate of drug-likeness (QED) is 0.542. The Morgan fingerprint density at radius 1 is 1.03 bits per heavy atom. The number of phenolic OH excluding ortho intramolecular Hbond substituents is 1. The lowest BCUT2D eigenvalue weighted by atomic mass is 10.1. The zero-order valence-corrected chi connectivity index (χ0v) is 18.1. The topological polar surface area (TPSA) is 62.1 Å². The van der Waals surface area contributed by atoms with Crippen molar-refractivity contribution in [1.29, 1.82) is 0 Å². The van der Waals surface area contributed by atoms with E-state index in [0.717, 1.165) is 16.8 Å². The Bertz CT molecular complexity index is 1160. The standard InChI is InChI=1S/C25H22N2O3S/c1-17-11-13-20(14-12-17)26-25-27(16-18-7-4-3-5-8-18)24(29)22(31-25)15-19-9-6-10-21(30-2)23(19)28/h3-15,28H,16H2,1-2H3/b22-15+,26-25?. The molecule has 1 saturated heterocycles. The Hall–Kier alpha value is -3.51. The fourth-order valence-electron chi connectivity index (χ4n) is 3.19. The summed E-state index contributed by atoms with van der Waals surface area (Å²) in [6.07, 6.45) is 1.68. The Morgan fingerprint density at radius 2 is 1.77 bits per heavy atom. The predicted octanol–water partition coefficient (Wildman–Crippen LogP) is 5.51. The molecule has 0 saturated carbocycles. The van der Waals surface area contributed by atoms with Gasteiger partial charge in [0.25, 0.3) is 5.91 Å². The van der Waals surface area contributed by atoms with Crippen molar-refractivity contribution in [2.75, 3.05) is 7.11 Å². The van der Waals surface area contributed by atoms with Gasteiger partial charge in [-0.15, -0.1) is 0 Å². The van der Waals surface area contributed by atoms with Gasteiger partial charge in [0.05, 0.1) is 24.2 Å². The number of phenols is 1. The molecule has 0 aromatic heterocycles. The first-order valence-corrected chi connectivity index (χ1v) is 10.6. The Morgan fingerprint density at radius 3 is 2.48 bits per heavy atom. The smallest absolute Gasteiger partial charge is 0.267 e. The lowest BCUT2D eigenvalue weighted by molar-refractivity contribution is -0.122. The van der Waals surface area contributed by atoms with Crippen LogP contribution in [0.1, 0.15) is 16.7 Å². The number of carbonyl (C=O) groups is 1. The number of rotatable bonds is 5. The number of para-hydroxylation sites is 1. The zero-order valence-electron chi connectivity index (χ0n) is 17.3. The molecule has 1 aliphatic heterocycles. The number of hydrogen-bond acceptors (Lipinski definition) is 5. The average molecular weight is 431 g/mol. The molecule has 3 aromatic rings. The van der Waals surface area contributed by atoms with E-state index in [-0.39, 0.29) is 11.7 Å². The molecular weight excluding hydrogens is 408 g/mol. The number of nitrogens with zero attached hydrogens (tertiary/aromatic N) is 2. The van der Waals surface area contributed by atoms with Crippen LogP contribution in [0.3, 0.4) is 0 Å². The molecule has 5 nitrogen and oxygen atoms in total. The Kier molecular flexibility index (Phi) is 6.09. The molecular formula is C25H22N2O3S. The summed E-state index contributed by atoms with van der Waals surface area (Å²) in [5, 5.41) is 11.0. The SMILES string of the molecule is COc1cccc(/C=C2/SC(=Nc3ccc(C)cc3)N(Cc3ccccc3)C2=O)c1O. The number of aromatic hydroxyl groups is 1. The third-order valence-corrected chi connectivity index (χ3v) is 5.87. The number of aryl methyl sites for hydroxylation is 1. The highest BCUT2D eigenvalue weighted by Crippen LogP contribution is 2.38. The minimum absolute atomic E-state index is 0.00410. The van der Waals surface area contributed by atoms with Crippen molar-refractivity contribution in [2.45, 2.75) is 13.5 Å². The summed E-state index contributed by atoms with van der Waals surface area (Å²) in [7, 11) is 1.50. The number of amidine groups is 1. The van der Waals surface area contributed by atoms with E-state index in [1.807, 2.05) is 61.5 Å². The molecule has 156 valence electrons. The molecule has 31 heavy (non-hydrogen) atoms. The fraction of sp³-hybridized carbons (Fsp3) is 0.120. The maximum atomic E-state index is 13.3. The molecule has 1 fully saturated rings. The highest BCUT2D eigenvalue weighted by molar-refractivity contribution is 8.18. The second kappa shape index (κ2) is 9.10. The van der Waals surface area contributed by atoms with Gasteiger partial charge in [-0.25, -0.2) is 4.99 Å². The van der Waals surface area contributed by atoms with Crippen molar-refractivity contribution in [3.05, 3.63) is 94.4 Å². The van der Waals surface area contributed by atoms with Crippen LogP contribution < -0.4 is 4.74 Å². The number of amides is 1. The van der Waals surface area contributed by atoms with E-state index in [4.69, 9.17) is 9.73 Å². The van der Waals surface area contributed by atoms with Crippen molar-refractivity contribution in [2.24, 2.45) is 4.99 Å². The van der Waals surface area contributed by atoms with Crippen LogP contribution in [-0.2, 0) is 11.3 Å². The van der Waals surface area contributed by atoms with E-state index < -0.39 is 0 Å². The molecule has 3 aromatic carbocycles. The van der Waals surface area contributed by atoms with E-state index in [0.29, 0.717) is 27.9 Å². The molecule has 0 aliphatic carbocycles. The molecule has 0 atom stereocenters. The van der Waals surface area contributed by atoms with E-state index >= 15 is 0 Å². The third-order valence-electron chi connectivity index (χ3n) is 4.87. The number of ether oxygens (including phenoxy) is 1. The van der Waals surface area contributed by atoms with Crippen molar-refractivity contribution in [3.8, 4) is 11.5 Å². The normalized spacial score (nSPS) is 16.3. The van der Waals surface area contributed by atoms with Crippen molar-refractivity contribution >= 4 is 34.6 Å². The van der Waals surface area contributed by atoms with E-state index in [1.54, 1.807) is 29.2 Å². The molecule has 0 spiro atoms. The molecule has 0 unspecified atom stereocenters. The van der Waals surface area contributed by atoms with E-state index in [2.05, 4.69) is 0 Å². The second-order valence-corrected chi connectivity index (χ2v) is 8.12. The summed E-state index contributed by atoms with van der Waals surface area (Å²) in [5.41, 5.74) is 3.46. The van der Waals surface area contributed by atoms with Crippen molar-refractivity contribution in [3.63, 3.8) is 0 Å². The minimum atomic E-state index is -0.151. The van der Waals surface area contributed by atoms with Crippen LogP contribution in [0.25, 0.3) is 6.08 Å². The predicted molar refractivity (Wildman–Crippen MR) is 125 cm³/mol. The summed E-state index contributed by atoms with van der Waals surface area (Å²) in [6.45, 7) is 2.44. The number of benzene rings is 3. The number of aliphatic imine (C=N–C) groups is 1. The number of thioether (sulfide) groups is 1. The minimum Gasteiger partial charge on any atom is -0.504 e. The van der Waals surface area contributed by atoms with Crippen molar-refractivity contribution in [1.82, 2.24) is 4.90 Å². The molecule has 1 heterocycles. The van der Waals surface area contributed by atoms with Gasteiger partial charge in [-0.3, -0.25) is 9.69 Å². The van der Waals surface area contributed by atoms with Gasteiger partial charge in [0.15, 0.2) is 16.7 Å². The summed E-state index contributed by atoms with van der Waals surface area (Å²) < 4.78 is 5.18. The third kappa shape index (κ3) is 4.64. The van der Waals surface area contributed by atoms with Gasteiger partial charge in [-0.2, -0.15) is 0 Å². The largest absolute Gasteiger partial charge is 0.504 e. The zero-order chi connectivity index (χ0) is 21.8. The Balaban J connectivity index is 1.72. The van der Waals surface area contributed by atoms with E-state index in [1.165, 1.54) is 18.9 Å². The summed E-state index contributed by atoms with van der Waals surface area (Å²) in [4.78, 5) is 20.2. The van der Waals surface area contributed by atoms with Gasteiger partial charge in [0, 0.05) is 5.56 Å². The molecule has 0 radical (unpaired) electrons. The molecule has 1 aliphatic rings. The molecule has 6 heteroatoms. The van der Waals surface area contributed by atoms with Gasteiger partial charge in [-0.1, -0.05) is 60.2 Å². The highest BCUT2D eigenvalue weighted by atomic mass is 32.2. The molecule has 1 N–H and O–H groups in total. The average Bonchev–Trinajstić information content (AvgIpc) is 3.06. The van der Waals surface area contributed by atoms with Crippen LogP contribution in [0, 0.1) is 6.92 Å². The van der Waals surface area contributed by atoms with Crippen LogP contribution in [0.2, 0.25) is 0 Å². The van der Waals surface area contributed by atoms with Gasteiger partial charge in [-0.05, 0) is 48.5 Å². The van der Waals surface area contributed by atoms with Crippen LogP contribution in [0.5, 0.6) is 11.5 Å². The maximum Gasteiger partial charge on any atom is 0.267 e. The van der Waals surface area contributed by atoms with Crippen molar-refractivity contribution < 1.29 is 14.6 Å².